The van der Waals surface area contributed by atoms with Gasteiger partial charge < -0.3 is 14.8 Å². The van der Waals surface area contributed by atoms with E-state index in [0.29, 0.717) is 10.4 Å². The molecular weight excluding hydrogens is 214 g/mol. The van der Waals surface area contributed by atoms with Gasteiger partial charge in [-0.1, -0.05) is 0 Å². The molecule has 0 bridgehead atoms. The van der Waals surface area contributed by atoms with Crippen molar-refractivity contribution in [3.63, 3.8) is 0 Å². The van der Waals surface area contributed by atoms with Crippen LogP contribution in [0.25, 0.3) is 0 Å². The van der Waals surface area contributed by atoms with Gasteiger partial charge in [-0.15, -0.1) is 0 Å². The molecule has 0 aromatic carbocycles. The van der Waals surface area contributed by atoms with E-state index in [0.717, 1.165) is 0 Å². The summed E-state index contributed by atoms with van der Waals surface area (Å²) in [5.41, 5.74) is 0. The molecule has 0 aliphatic rings. The van der Waals surface area contributed by atoms with E-state index < -0.39 is 5.97 Å². The molecule has 5 heteroatoms. The van der Waals surface area contributed by atoms with E-state index in [4.69, 9.17) is 9.52 Å². The van der Waals surface area contributed by atoms with Gasteiger partial charge in [-0.3, -0.25) is 0 Å². The minimum Gasteiger partial charge on any atom is -0.475 e. The van der Waals surface area contributed by atoms with Crippen LogP contribution in [0.1, 0.15) is 10.6 Å². The van der Waals surface area contributed by atoms with Crippen molar-refractivity contribution >= 4 is 27.8 Å². The van der Waals surface area contributed by atoms with E-state index >= 15 is 0 Å². The fraction of sp³-hybridized carbons (Fsp3) is 0.167. The predicted octanol–water partition coefficient (Wildman–Crippen LogP) is 1.78. The second kappa shape index (κ2) is 2.96. The number of hydrogen-bond donors (Lipinski definition) is 2. The van der Waals surface area contributed by atoms with Crippen molar-refractivity contribution in [1.82, 2.24) is 0 Å². The van der Waals surface area contributed by atoms with Crippen LogP contribution in [0.3, 0.4) is 0 Å². The summed E-state index contributed by atoms with van der Waals surface area (Å²) < 4.78 is 5.48. The Labute approximate surface area is 71.3 Å². The SMILES string of the molecule is CNc1oc(C(=O)O)cc1Br. The first-order chi connectivity index (χ1) is 5.15. The van der Waals surface area contributed by atoms with Gasteiger partial charge in [0, 0.05) is 13.1 Å². The van der Waals surface area contributed by atoms with E-state index in [-0.39, 0.29) is 5.76 Å². The summed E-state index contributed by atoms with van der Waals surface area (Å²) in [6.45, 7) is 0. The van der Waals surface area contributed by atoms with Crippen LogP contribution in [0.15, 0.2) is 15.0 Å². The van der Waals surface area contributed by atoms with Crippen LogP contribution in [-0.2, 0) is 0 Å². The highest BCUT2D eigenvalue weighted by Crippen LogP contribution is 2.25. The largest absolute Gasteiger partial charge is 0.475 e. The van der Waals surface area contributed by atoms with Crippen molar-refractivity contribution in [2.75, 3.05) is 12.4 Å². The Morgan fingerprint density at radius 3 is 2.73 bits per heavy atom. The lowest BCUT2D eigenvalue weighted by Crippen LogP contribution is -1.92. The van der Waals surface area contributed by atoms with E-state index in [1.807, 2.05) is 0 Å². The van der Waals surface area contributed by atoms with E-state index in [2.05, 4.69) is 21.2 Å². The standard InChI is InChI=1S/C6H6BrNO3/c1-8-5-3(7)2-4(11-5)6(9)10/h2,8H,1H3,(H,9,10). The Balaban J connectivity index is 3.05. The van der Waals surface area contributed by atoms with Crippen LogP contribution >= 0.6 is 15.9 Å². The van der Waals surface area contributed by atoms with Crippen molar-refractivity contribution in [3.05, 3.63) is 16.3 Å². The summed E-state index contributed by atoms with van der Waals surface area (Å²) in [7, 11) is 1.65. The molecule has 0 aliphatic heterocycles. The number of carboxylic acid groups (broad SMARTS) is 1. The monoisotopic (exact) mass is 219 g/mol. The quantitative estimate of drug-likeness (QED) is 0.797. The van der Waals surface area contributed by atoms with Gasteiger partial charge in [-0.25, -0.2) is 4.79 Å². The normalized spacial score (nSPS) is 9.64. The lowest BCUT2D eigenvalue weighted by Gasteiger charge is -1.91. The molecule has 1 aromatic rings. The first-order valence-corrected chi connectivity index (χ1v) is 3.65. The molecule has 0 radical (unpaired) electrons. The third kappa shape index (κ3) is 1.54. The number of hydrogen-bond acceptors (Lipinski definition) is 3. The smallest absolute Gasteiger partial charge is 0.371 e. The topological polar surface area (TPSA) is 62.5 Å². The number of rotatable bonds is 2. The van der Waals surface area contributed by atoms with Crippen LogP contribution in [-0.4, -0.2) is 18.1 Å². The molecule has 1 heterocycles. The summed E-state index contributed by atoms with van der Waals surface area (Å²) >= 11 is 3.13. The first kappa shape index (κ1) is 8.13. The fourth-order valence-corrected chi connectivity index (χ4v) is 1.13. The number of anilines is 1. The van der Waals surface area contributed by atoms with Crippen molar-refractivity contribution in [2.24, 2.45) is 0 Å². The zero-order chi connectivity index (χ0) is 8.43. The van der Waals surface area contributed by atoms with Crippen molar-refractivity contribution in [2.45, 2.75) is 0 Å². The van der Waals surface area contributed by atoms with Crippen LogP contribution in [0.5, 0.6) is 0 Å². The summed E-state index contributed by atoms with van der Waals surface area (Å²) in [5, 5.41) is 11.2. The molecule has 2 N–H and O–H groups in total. The number of nitrogens with one attached hydrogen (secondary N) is 1. The maximum atomic E-state index is 10.3. The van der Waals surface area contributed by atoms with Crippen molar-refractivity contribution in [1.29, 1.82) is 0 Å². The molecule has 0 unspecified atom stereocenters. The van der Waals surface area contributed by atoms with Crippen LogP contribution in [0.2, 0.25) is 0 Å². The molecule has 11 heavy (non-hydrogen) atoms. The highest BCUT2D eigenvalue weighted by Gasteiger charge is 2.12. The zero-order valence-corrected chi connectivity index (χ0v) is 7.31. The lowest BCUT2D eigenvalue weighted by molar-refractivity contribution is 0.0663. The van der Waals surface area contributed by atoms with Crippen LogP contribution < -0.4 is 5.32 Å². The van der Waals surface area contributed by atoms with E-state index in [9.17, 15) is 4.79 Å². The summed E-state index contributed by atoms with van der Waals surface area (Å²) in [5.74, 6) is -0.740. The van der Waals surface area contributed by atoms with Crippen molar-refractivity contribution in [3.8, 4) is 0 Å². The predicted molar refractivity (Wildman–Crippen MR) is 42.9 cm³/mol. The zero-order valence-electron chi connectivity index (χ0n) is 5.72. The molecule has 4 nitrogen and oxygen atoms in total. The number of aromatic carboxylic acids is 1. The Kier molecular flexibility index (Phi) is 2.19. The van der Waals surface area contributed by atoms with E-state index in [1.165, 1.54) is 6.07 Å². The third-order valence-electron chi connectivity index (χ3n) is 1.12. The van der Waals surface area contributed by atoms with Gasteiger partial charge in [0.05, 0.1) is 4.47 Å². The van der Waals surface area contributed by atoms with Gasteiger partial charge in [-0.2, -0.15) is 0 Å². The van der Waals surface area contributed by atoms with Gasteiger partial charge in [0.25, 0.3) is 0 Å². The fourth-order valence-electron chi connectivity index (χ4n) is 0.645. The summed E-state index contributed by atoms with van der Waals surface area (Å²) in [6.07, 6.45) is 0. The Hall–Kier alpha value is -0.970. The maximum absolute atomic E-state index is 10.3. The molecule has 0 saturated carbocycles. The molecule has 60 valence electrons. The summed E-state index contributed by atoms with van der Waals surface area (Å²) in [6, 6.07) is 1.40. The minimum atomic E-state index is -1.08. The highest BCUT2D eigenvalue weighted by atomic mass is 79.9. The molecular formula is C6H6BrNO3. The molecule has 0 aliphatic carbocycles. The van der Waals surface area contributed by atoms with Gasteiger partial charge in [-0.05, 0) is 15.9 Å². The maximum Gasteiger partial charge on any atom is 0.371 e. The number of halogens is 1. The Bertz CT molecular complexity index is 281. The van der Waals surface area contributed by atoms with Gasteiger partial charge in [0.15, 0.2) is 0 Å². The second-order valence-corrected chi connectivity index (χ2v) is 2.70. The molecule has 1 aromatic heterocycles. The molecule has 0 fully saturated rings. The first-order valence-electron chi connectivity index (χ1n) is 2.85. The summed E-state index contributed by atoms with van der Waals surface area (Å²) in [4.78, 5) is 10.3. The highest BCUT2D eigenvalue weighted by molar-refractivity contribution is 9.10. The molecule has 0 spiro atoms. The number of furan rings is 1. The second-order valence-electron chi connectivity index (χ2n) is 1.84. The Morgan fingerprint density at radius 2 is 2.45 bits per heavy atom. The molecule has 0 saturated heterocycles. The average molecular weight is 220 g/mol. The van der Waals surface area contributed by atoms with Gasteiger partial charge in [0.1, 0.15) is 0 Å². The van der Waals surface area contributed by atoms with Crippen LogP contribution in [0.4, 0.5) is 5.88 Å². The van der Waals surface area contributed by atoms with Gasteiger partial charge >= 0.3 is 5.97 Å². The number of carboxylic acids is 1. The Morgan fingerprint density at radius 1 is 1.82 bits per heavy atom. The minimum absolute atomic E-state index is 0.0822. The van der Waals surface area contributed by atoms with Crippen molar-refractivity contribution < 1.29 is 14.3 Å². The number of carbonyl (C=O) groups is 1. The lowest BCUT2D eigenvalue weighted by atomic mass is 10.5. The molecule has 1 rings (SSSR count). The molecule has 0 amide bonds. The van der Waals surface area contributed by atoms with Crippen LogP contribution in [0, 0.1) is 0 Å². The van der Waals surface area contributed by atoms with E-state index in [1.54, 1.807) is 7.05 Å². The third-order valence-corrected chi connectivity index (χ3v) is 1.71. The molecule has 0 atom stereocenters. The van der Waals surface area contributed by atoms with Gasteiger partial charge in [0.2, 0.25) is 11.6 Å². The average Bonchev–Trinajstić information content (AvgIpc) is 2.31.